The van der Waals surface area contributed by atoms with E-state index in [4.69, 9.17) is 5.26 Å². The maximum Gasteiger partial charge on any atom is 0.338 e. The first-order valence-corrected chi connectivity index (χ1v) is 6.54. The van der Waals surface area contributed by atoms with Crippen LogP contribution in [0, 0.1) is 31.6 Å². The van der Waals surface area contributed by atoms with Crippen molar-refractivity contribution >= 4 is 28.6 Å². The van der Waals surface area contributed by atoms with Crippen molar-refractivity contribution in [2.24, 2.45) is 0 Å². The molecule has 2 rings (SSSR count). The van der Waals surface area contributed by atoms with E-state index in [9.17, 15) is 25.0 Å². The van der Waals surface area contributed by atoms with Gasteiger partial charge in [-0.3, -0.25) is 20.2 Å². The number of tetrazole rings is 1. The number of allylic oxidation sites excluding steroid dienone is 1. The van der Waals surface area contributed by atoms with Crippen LogP contribution in [0.5, 0.6) is 0 Å². The van der Waals surface area contributed by atoms with Crippen molar-refractivity contribution in [3.63, 3.8) is 0 Å². The molecule has 1 aromatic heterocycles. The van der Waals surface area contributed by atoms with Crippen LogP contribution >= 0.6 is 0 Å². The lowest BCUT2D eigenvalue weighted by Crippen LogP contribution is -2.07. The number of carbonyl (C=O) groups excluding carboxylic acids is 1. The summed E-state index contributed by atoms with van der Waals surface area (Å²) in [7, 11) is 1.03. The van der Waals surface area contributed by atoms with Gasteiger partial charge in [0.2, 0.25) is 5.82 Å². The fourth-order valence-electron chi connectivity index (χ4n) is 1.85. The molecule has 26 heavy (non-hydrogen) atoms. The van der Waals surface area contributed by atoms with E-state index in [1.807, 2.05) is 0 Å². The number of aromatic amines is 1. The zero-order chi connectivity index (χ0) is 19.3. The van der Waals surface area contributed by atoms with Gasteiger partial charge in [0, 0.05) is 18.3 Å². The van der Waals surface area contributed by atoms with Crippen LogP contribution < -0.4 is 5.32 Å². The van der Waals surface area contributed by atoms with Gasteiger partial charge in [0.05, 0.1) is 22.5 Å². The molecule has 14 heteroatoms. The highest BCUT2D eigenvalue weighted by Gasteiger charge is 2.28. The van der Waals surface area contributed by atoms with Crippen molar-refractivity contribution < 1.29 is 19.4 Å². The summed E-state index contributed by atoms with van der Waals surface area (Å²) in [6, 6.07) is 3.34. The first-order chi connectivity index (χ1) is 12.4. The number of ether oxygens (including phenoxy) is 1. The number of anilines is 1. The molecule has 2 aromatic rings. The summed E-state index contributed by atoms with van der Waals surface area (Å²) < 4.78 is 4.42. The van der Waals surface area contributed by atoms with E-state index < -0.39 is 32.9 Å². The van der Waals surface area contributed by atoms with Crippen LogP contribution in [-0.2, 0) is 4.74 Å². The third kappa shape index (κ3) is 3.56. The molecule has 1 heterocycles. The van der Waals surface area contributed by atoms with E-state index in [0.717, 1.165) is 25.4 Å². The number of H-pyrrole nitrogens is 1. The summed E-state index contributed by atoms with van der Waals surface area (Å²) in [5.74, 6) is -1.11. The van der Waals surface area contributed by atoms with Gasteiger partial charge in [-0.05, 0) is 5.21 Å². The van der Waals surface area contributed by atoms with E-state index in [1.165, 1.54) is 0 Å². The Balaban J connectivity index is 2.59. The van der Waals surface area contributed by atoms with E-state index in [0.29, 0.717) is 0 Å². The highest BCUT2D eigenvalue weighted by atomic mass is 16.6. The largest absolute Gasteiger partial charge is 0.465 e. The lowest BCUT2D eigenvalue weighted by molar-refractivity contribution is -0.392. The number of nitriles is 1. The number of rotatable bonds is 6. The number of nitro benzene ring substituents is 2. The third-order valence-corrected chi connectivity index (χ3v) is 2.98. The summed E-state index contributed by atoms with van der Waals surface area (Å²) in [5.41, 5.74) is -2.63. The average molecular weight is 360 g/mol. The van der Waals surface area contributed by atoms with Crippen molar-refractivity contribution in [1.29, 1.82) is 5.26 Å². The van der Waals surface area contributed by atoms with E-state index in [-0.39, 0.29) is 17.0 Å². The molecule has 0 atom stereocenters. The Morgan fingerprint density at radius 3 is 2.38 bits per heavy atom. The molecular formula is C12H8N8O6. The maximum absolute atomic E-state index is 11.6. The Bertz CT molecular complexity index is 910. The number of benzene rings is 1. The van der Waals surface area contributed by atoms with Gasteiger partial charge in [-0.2, -0.15) is 10.5 Å². The van der Waals surface area contributed by atoms with Gasteiger partial charge < -0.3 is 10.1 Å². The number of hydrogen-bond acceptors (Lipinski definition) is 11. The highest BCUT2D eigenvalue weighted by Crippen LogP contribution is 2.36. The number of nitrogens with one attached hydrogen (secondary N) is 2. The molecule has 0 aliphatic rings. The second kappa shape index (κ2) is 7.44. The maximum atomic E-state index is 11.6. The number of methoxy groups -OCH3 is 1. The van der Waals surface area contributed by atoms with Gasteiger partial charge in [0.1, 0.15) is 11.6 Å². The van der Waals surface area contributed by atoms with Gasteiger partial charge in [0.25, 0.3) is 0 Å². The normalized spacial score (nSPS) is 10.7. The number of esters is 1. The SMILES string of the molecule is COC(=O)c1cc([N+](=O)[O-])c(NC=C(C#N)c2nn[nH]n2)c([N+](=O)[O-])c1. The molecule has 0 spiro atoms. The van der Waals surface area contributed by atoms with E-state index >= 15 is 0 Å². The first-order valence-electron chi connectivity index (χ1n) is 6.54. The number of nitrogens with zero attached hydrogens (tertiary/aromatic N) is 6. The van der Waals surface area contributed by atoms with Crippen LogP contribution in [0.25, 0.3) is 5.57 Å². The Kier molecular flexibility index (Phi) is 5.13. The number of nitro groups is 2. The second-order valence-electron chi connectivity index (χ2n) is 4.44. The van der Waals surface area contributed by atoms with Crippen LogP contribution in [-0.4, -0.2) is 43.5 Å². The van der Waals surface area contributed by atoms with Crippen molar-refractivity contribution in [3.05, 3.63) is 49.9 Å². The molecule has 2 N–H and O–H groups in total. The fourth-order valence-corrected chi connectivity index (χ4v) is 1.85. The minimum Gasteiger partial charge on any atom is -0.465 e. The summed E-state index contributed by atoms with van der Waals surface area (Å²) in [6.07, 6.45) is 0.942. The molecule has 0 unspecified atom stereocenters. The van der Waals surface area contributed by atoms with Gasteiger partial charge in [-0.1, -0.05) is 0 Å². The molecular weight excluding hydrogens is 352 g/mol. The monoisotopic (exact) mass is 360 g/mol. The molecule has 0 amide bonds. The predicted molar refractivity (Wildman–Crippen MR) is 82.5 cm³/mol. The molecule has 0 saturated heterocycles. The van der Waals surface area contributed by atoms with Crippen molar-refractivity contribution in [3.8, 4) is 6.07 Å². The van der Waals surface area contributed by atoms with Crippen LogP contribution in [0.3, 0.4) is 0 Å². The van der Waals surface area contributed by atoms with E-state index in [2.05, 4.69) is 30.7 Å². The molecule has 0 radical (unpaired) electrons. The smallest absolute Gasteiger partial charge is 0.338 e. The third-order valence-electron chi connectivity index (χ3n) is 2.98. The van der Waals surface area contributed by atoms with E-state index in [1.54, 1.807) is 6.07 Å². The molecule has 0 aliphatic heterocycles. The molecule has 0 saturated carbocycles. The Hall–Kier alpha value is -4.41. The van der Waals surface area contributed by atoms with Crippen LogP contribution in [0.2, 0.25) is 0 Å². The van der Waals surface area contributed by atoms with Gasteiger partial charge in [0.15, 0.2) is 5.69 Å². The fraction of sp³-hybridized carbons (Fsp3) is 0.0833. The average Bonchev–Trinajstić information content (AvgIpc) is 3.15. The van der Waals surface area contributed by atoms with Crippen molar-refractivity contribution in [2.45, 2.75) is 0 Å². The Morgan fingerprint density at radius 2 is 1.96 bits per heavy atom. The minimum atomic E-state index is -0.984. The number of carbonyl (C=O) groups is 1. The highest BCUT2D eigenvalue weighted by molar-refractivity contribution is 5.94. The summed E-state index contributed by atoms with van der Waals surface area (Å²) in [5, 5.41) is 46.4. The van der Waals surface area contributed by atoms with Crippen LogP contribution in [0.1, 0.15) is 16.2 Å². The summed E-state index contributed by atoms with van der Waals surface area (Å²) in [4.78, 5) is 32.3. The lowest BCUT2D eigenvalue weighted by Gasteiger charge is -2.06. The number of hydrogen-bond donors (Lipinski definition) is 2. The van der Waals surface area contributed by atoms with Gasteiger partial charge in [-0.15, -0.1) is 10.2 Å². The molecule has 0 fully saturated rings. The second-order valence-corrected chi connectivity index (χ2v) is 4.44. The molecule has 0 bridgehead atoms. The quantitative estimate of drug-likeness (QED) is 0.318. The zero-order valence-electron chi connectivity index (χ0n) is 12.9. The Labute approximate surface area is 143 Å². The number of aromatic nitrogens is 4. The molecule has 14 nitrogen and oxygen atoms in total. The molecule has 132 valence electrons. The van der Waals surface area contributed by atoms with Crippen LogP contribution in [0.15, 0.2) is 18.3 Å². The zero-order valence-corrected chi connectivity index (χ0v) is 12.9. The predicted octanol–water partition coefficient (Wildman–Crippen LogP) is 0.779. The van der Waals surface area contributed by atoms with Gasteiger partial charge in [-0.25, -0.2) is 4.79 Å². The molecule has 1 aromatic carbocycles. The Morgan fingerprint density at radius 1 is 1.35 bits per heavy atom. The summed E-state index contributed by atoms with van der Waals surface area (Å²) >= 11 is 0. The first kappa shape index (κ1) is 17.9. The molecule has 0 aliphatic carbocycles. The van der Waals surface area contributed by atoms with Crippen molar-refractivity contribution in [2.75, 3.05) is 12.4 Å². The minimum absolute atomic E-state index is 0.128. The van der Waals surface area contributed by atoms with Crippen LogP contribution in [0.4, 0.5) is 17.1 Å². The van der Waals surface area contributed by atoms with Gasteiger partial charge >= 0.3 is 17.3 Å². The summed E-state index contributed by atoms with van der Waals surface area (Å²) in [6.45, 7) is 0. The lowest BCUT2D eigenvalue weighted by atomic mass is 10.1. The standard InChI is InChI=1S/C12H8N8O6/c1-26-12(21)6-2-8(19(22)23)10(9(3-6)20(24)25)14-5-7(4-13)11-15-17-18-16-11/h2-3,5,14H,1H3,(H,15,16,17,18). The van der Waals surface area contributed by atoms with Crippen molar-refractivity contribution in [1.82, 2.24) is 20.6 Å². The topological polar surface area (TPSA) is 203 Å².